The summed E-state index contributed by atoms with van der Waals surface area (Å²) in [4.78, 5) is 18.5. The van der Waals surface area contributed by atoms with E-state index in [0.29, 0.717) is 38.7 Å². The van der Waals surface area contributed by atoms with E-state index in [1.807, 2.05) is 25.7 Å². The van der Waals surface area contributed by atoms with E-state index in [0.717, 1.165) is 5.76 Å². The molecule has 1 atom stereocenters. The Bertz CT molecular complexity index is 439. The van der Waals surface area contributed by atoms with E-state index in [1.54, 1.807) is 6.20 Å². The number of ether oxygens (including phenoxy) is 1. The molecule has 1 fully saturated rings. The molecule has 1 amide bonds. The number of carbonyl (C=O) groups excluding carboxylic acids is 1. The summed E-state index contributed by atoms with van der Waals surface area (Å²) in [5, 5.41) is 3.26. The Balaban J connectivity index is 1.93. The average molecular weight is 281 g/mol. The van der Waals surface area contributed by atoms with Gasteiger partial charge in [0.15, 0.2) is 0 Å². The van der Waals surface area contributed by atoms with Crippen LogP contribution in [0.3, 0.4) is 0 Å². The smallest absolute Gasteiger partial charge is 0.240 e. The molecule has 6 heteroatoms. The number of aryl methyl sites for hydroxylation is 1. The lowest BCUT2D eigenvalue weighted by Gasteiger charge is -2.32. The van der Waals surface area contributed by atoms with E-state index in [-0.39, 0.29) is 17.9 Å². The summed E-state index contributed by atoms with van der Waals surface area (Å²) in [7, 11) is 0. The number of oxazole rings is 1. The molecule has 6 nitrogen and oxygen atoms in total. The van der Waals surface area contributed by atoms with Gasteiger partial charge in [0.05, 0.1) is 32.0 Å². The normalized spacial score (nSPS) is 17.5. The van der Waals surface area contributed by atoms with Gasteiger partial charge >= 0.3 is 0 Å². The van der Waals surface area contributed by atoms with E-state index in [2.05, 4.69) is 10.3 Å². The first-order valence-corrected chi connectivity index (χ1v) is 7.09. The number of nitrogens with zero attached hydrogens (tertiary/aromatic N) is 2. The number of nitrogens with one attached hydrogen (secondary N) is 1. The van der Waals surface area contributed by atoms with Gasteiger partial charge in [0.1, 0.15) is 5.76 Å². The van der Waals surface area contributed by atoms with Gasteiger partial charge in [-0.15, -0.1) is 0 Å². The zero-order valence-electron chi connectivity index (χ0n) is 12.4. The van der Waals surface area contributed by atoms with E-state index < -0.39 is 0 Å². The summed E-state index contributed by atoms with van der Waals surface area (Å²) < 4.78 is 10.7. The molecule has 0 bridgehead atoms. The van der Waals surface area contributed by atoms with Crippen LogP contribution in [0.15, 0.2) is 10.6 Å². The van der Waals surface area contributed by atoms with Gasteiger partial charge in [0.2, 0.25) is 11.8 Å². The highest BCUT2D eigenvalue weighted by Gasteiger charge is 2.28. The van der Waals surface area contributed by atoms with E-state index in [1.165, 1.54) is 0 Å². The van der Waals surface area contributed by atoms with E-state index in [9.17, 15) is 4.79 Å². The maximum atomic E-state index is 12.5. The highest BCUT2D eigenvalue weighted by molar-refractivity contribution is 5.82. The number of hydrogen-bond acceptors (Lipinski definition) is 5. The molecular weight excluding hydrogens is 258 g/mol. The van der Waals surface area contributed by atoms with Crippen molar-refractivity contribution in [1.29, 1.82) is 0 Å². The van der Waals surface area contributed by atoms with Gasteiger partial charge in [-0.3, -0.25) is 10.1 Å². The molecule has 0 unspecified atom stereocenters. The van der Waals surface area contributed by atoms with Gasteiger partial charge in [-0.2, -0.15) is 0 Å². The molecule has 1 saturated heterocycles. The topological polar surface area (TPSA) is 67.6 Å². The lowest BCUT2D eigenvalue weighted by atomic mass is 10.0. The summed E-state index contributed by atoms with van der Waals surface area (Å²) in [6.07, 6.45) is 1.69. The van der Waals surface area contributed by atoms with Crippen LogP contribution in [0.1, 0.15) is 25.5 Å². The van der Waals surface area contributed by atoms with Gasteiger partial charge in [-0.1, -0.05) is 13.8 Å². The van der Waals surface area contributed by atoms with Crippen LogP contribution < -0.4 is 5.32 Å². The predicted molar refractivity (Wildman–Crippen MR) is 74.1 cm³/mol. The Morgan fingerprint density at radius 2 is 2.15 bits per heavy atom. The van der Waals surface area contributed by atoms with Crippen LogP contribution in [0, 0.1) is 12.8 Å². The molecule has 112 valence electrons. The SMILES string of the molecule is Cc1cnc(CN[C@@H](C(=O)N2CCOCC2)C(C)C)o1. The van der Waals surface area contributed by atoms with Crippen molar-refractivity contribution in [2.75, 3.05) is 26.3 Å². The van der Waals surface area contributed by atoms with Crippen LogP contribution in [-0.4, -0.2) is 48.1 Å². The minimum absolute atomic E-state index is 0.131. The zero-order valence-corrected chi connectivity index (χ0v) is 12.4. The van der Waals surface area contributed by atoms with Crippen LogP contribution in [0.4, 0.5) is 0 Å². The van der Waals surface area contributed by atoms with Gasteiger partial charge in [0.25, 0.3) is 0 Å². The third-order valence-electron chi connectivity index (χ3n) is 3.40. The van der Waals surface area contributed by atoms with Crippen molar-refractivity contribution in [2.45, 2.75) is 33.4 Å². The lowest BCUT2D eigenvalue weighted by Crippen LogP contribution is -2.52. The second kappa shape index (κ2) is 6.85. The van der Waals surface area contributed by atoms with Gasteiger partial charge in [-0.25, -0.2) is 4.98 Å². The summed E-state index contributed by atoms with van der Waals surface area (Å²) in [5.41, 5.74) is 0. The number of carbonyl (C=O) groups is 1. The van der Waals surface area contributed by atoms with Gasteiger partial charge < -0.3 is 14.1 Å². The first-order chi connectivity index (χ1) is 9.58. The molecule has 1 aliphatic rings. The second-order valence-electron chi connectivity index (χ2n) is 5.40. The van der Waals surface area contributed by atoms with Crippen LogP contribution in [0.25, 0.3) is 0 Å². The Morgan fingerprint density at radius 3 is 2.70 bits per heavy atom. The van der Waals surface area contributed by atoms with Crippen molar-refractivity contribution < 1.29 is 13.9 Å². The molecule has 1 N–H and O–H groups in total. The van der Waals surface area contributed by atoms with Crippen molar-refractivity contribution in [2.24, 2.45) is 5.92 Å². The fourth-order valence-electron chi connectivity index (χ4n) is 2.27. The molecular formula is C14H23N3O3. The quantitative estimate of drug-likeness (QED) is 0.870. The average Bonchev–Trinajstić information content (AvgIpc) is 2.85. The number of morpholine rings is 1. The first kappa shape index (κ1) is 15.0. The van der Waals surface area contributed by atoms with Crippen molar-refractivity contribution in [3.05, 3.63) is 17.8 Å². The van der Waals surface area contributed by atoms with Crippen molar-refractivity contribution in [3.63, 3.8) is 0 Å². The minimum Gasteiger partial charge on any atom is -0.445 e. The van der Waals surface area contributed by atoms with E-state index in [4.69, 9.17) is 9.15 Å². The number of amides is 1. The third kappa shape index (κ3) is 3.80. The number of aromatic nitrogens is 1. The van der Waals surface area contributed by atoms with E-state index >= 15 is 0 Å². The van der Waals surface area contributed by atoms with Crippen molar-refractivity contribution in [3.8, 4) is 0 Å². The summed E-state index contributed by atoms with van der Waals surface area (Å²) in [5.74, 6) is 1.73. The van der Waals surface area contributed by atoms with Gasteiger partial charge in [-0.05, 0) is 12.8 Å². The molecule has 0 saturated carbocycles. The highest BCUT2D eigenvalue weighted by Crippen LogP contribution is 2.10. The molecule has 0 radical (unpaired) electrons. The lowest BCUT2D eigenvalue weighted by molar-refractivity contribution is -0.138. The highest BCUT2D eigenvalue weighted by atomic mass is 16.5. The third-order valence-corrected chi connectivity index (χ3v) is 3.40. The van der Waals surface area contributed by atoms with Crippen LogP contribution in [0.2, 0.25) is 0 Å². The summed E-state index contributed by atoms with van der Waals surface area (Å²) in [6, 6.07) is -0.222. The minimum atomic E-state index is -0.222. The summed E-state index contributed by atoms with van der Waals surface area (Å²) in [6.45, 7) is 8.98. The molecule has 1 aliphatic heterocycles. The Morgan fingerprint density at radius 1 is 1.45 bits per heavy atom. The number of hydrogen-bond donors (Lipinski definition) is 1. The molecule has 0 spiro atoms. The Kier molecular flexibility index (Phi) is 5.14. The molecule has 2 heterocycles. The zero-order chi connectivity index (χ0) is 14.5. The monoisotopic (exact) mass is 281 g/mol. The largest absolute Gasteiger partial charge is 0.445 e. The molecule has 20 heavy (non-hydrogen) atoms. The summed E-state index contributed by atoms with van der Waals surface area (Å²) >= 11 is 0. The van der Waals surface area contributed by atoms with Crippen LogP contribution in [-0.2, 0) is 16.1 Å². The number of rotatable bonds is 5. The predicted octanol–water partition coefficient (Wildman–Crippen LogP) is 0.956. The van der Waals surface area contributed by atoms with Crippen LogP contribution in [0.5, 0.6) is 0 Å². The molecule has 1 aromatic heterocycles. The maximum absolute atomic E-state index is 12.5. The maximum Gasteiger partial charge on any atom is 0.240 e. The Hall–Kier alpha value is -1.40. The first-order valence-electron chi connectivity index (χ1n) is 7.09. The fraction of sp³-hybridized carbons (Fsp3) is 0.714. The molecule has 2 rings (SSSR count). The standard InChI is InChI=1S/C14H23N3O3/c1-10(2)13(14(18)17-4-6-19-7-5-17)16-9-12-15-8-11(3)20-12/h8,10,13,16H,4-7,9H2,1-3H3/t13-/m1/s1. The van der Waals surface area contributed by atoms with Crippen molar-refractivity contribution >= 4 is 5.91 Å². The molecule has 0 aliphatic carbocycles. The molecule has 1 aromatic rings. The van der Waals surface area contributed by atoms with Crippen LogP contribution >= 0.6 is 0 Å². The van der Waals surface area contributed by atoms with Gasteiger partial charge in [0, 0.05) is 13.1 Å². The molecule has 0 aromatic carbocycles. The Labute approximate surface area is 119 Å². The van der Waals surface area contributed by atoms with Crippen molar-refractivity contribution in [1.82, 2.24) is 15.2 Å². The fourth-order valence-corrected chi connectivity index (χ4v) is 2.27. The second-order valence-corrected chi connectivity index (χ2v) is 5.40.